The molecule has 1 aliphatic rings. The monoisotopic (exact) mass is 452 g/mol. The van der Waals surface area contributed by atoms with Gasteiger partial charge in [0.25, 0.3) is 0 Å². The molecule has 1 aliphatic heterocycles. The maximum atomic E-state index is 12.3. The predicted octanol–water partition coefficient (Wildman–Crippen LogP) is 4.91. The standard InChI is InChI=1S/C23H17ClN2O4S/c1-13-9-14(24)4-7-18(13)28-12-21(27)29-15-5-6-16-19(10-15)30-23(26)17(11-25)22(16)20-3-2-8-31-20/h2-10,22H,12,26H2,1H3. The lowest BCUT2D eigenvalue weighted by Crippen LogP contribution is -2.21. The number of halogens is 1. The second-order valence-electron chi connectivity index (χ2n) is 6.81. The number of rotatable bonds is 5. The van der Waals surface area contributed by atoms with Gasteiger partial charge in [-0.25, -0.2) is 4.79 Å². The van der Waals surface area contributed by atoms with Crippen molar-refractivity contribution in [2.45, 2.75) is 12.8 Å². The van der Waals surface area contributed by atoms with Gasteiger partial charge < -0.3 is 19.9 Å². The van der Waals surface area contributed by atoms with Gasteiger partial charge in [-0.1, -0.05) is 23.7 Å². The van der Waals surface area contributed by atoms with E-state index in [1.54, 1.807) is 36.4 Å². The molecule has 3 aromatic rings. The van der Waals surface area contributed by atoms with Crippen LogP contribution in [0, 0.1) is 18.3 Å². The van der Waals surface area contributed by atoms with Crippen LogP contribution in [-0.4, -0.2) is 12.6 Å². The predicted molar refractivity (Wildman–Crippen MR) is 117 cm³/mol. The topological polar surface area (TPSA) is 94.6 Å². The number of allylic oxidation sites excluding steroid dienone is 1. The summed E-state index contributed by atoms with van der Waals surface area (Å²) in [4.78, 5) is 13.2. The molecule has 2 heterocycles. The second-order valence-corrected chi connectivity index (χ2v) is 8.23. The summed E-state index contributed by atoms with van der Waals surface area (Å²) in [5, 5.41) is 12.1. The number of nitrogens with two attached hydrogens (primary N) is 1. The highest BCUT2D eigenvalue weighted by molar-refractivity contribution is 7.10. The van der Waals surface area contributed by atoms with Crippen molar-refractivity contribution in [3.8, 4) is 23.3 Å². The molecule has 4 rings (SSSR count). The second kappa shape index (κ2) is 8.72. The Kier molecular flexibility index (Phi) is 5.85. The molecule has 1 unspecified atom stereocenters. The average molecular weight is 453 g/mol. The number of hydrogen-bond donors (Lipinski definition) is 1. The van der Waals surface area contributed by atoms with Crippen LogP contribution in [0.4, 0.5) is 0 Å². The minimum atomic E-state index is -0.568. The molecule has 0 saturated heterocycles. The molecule has 0 aliphatic carbocycles. The lowest BCUT2D eigenvalue weighted by atomic mass is 9.88. The summed E-state index contributed by atoms with van der Waals surface area (Å²) < 4.78 is 16.6. The van der Waals surface area contributed by atoms with E-state index < -0.39 is 5.97 Å². The molecule has 31 heavy (non-hydrogen) atoms. The van der Waals surface area contributed by atoms with Crippen LogP contribution in [0.3, 0.4) is 0 Å². The van der Waals surface area contributed by atoms with Gasteiger partial charge in [0.05, 0.1) is 5.92 Å². The van der Waals surface area contributed by atoms with Crippen LogP contribution in [0.2, 0.25) is 5.02 Å². The van der Waals surface area contributed by atoms with Crippen molar-refractivity contribution in [3.63, 3.8) is 0 Å². The number of carbonyl (C=O) groups excluding carboxylic acids is 1. The minimum absolute atomic E-state index is 0.0402. The zero-order chi connectivity index (χ0) is 22.0. The Balaban J connectivity index is 1.51. The van der Waals surface area contributed by atoms with Crippen molar-refractivity contribution in [2.24, 2.45) is 5.73 Å². The number of carbonyl (C=O) groups is 1. The molecule has 0 saturated carbocycles. The third kappa shape index (κ3) is 4.36. The lowest BCUT2D eigenvalue weighted by molar-refractivity contribution is -0.136. The van der Waals surface area contributed by atoms with Gasteiger partial charge in [-0.2, -0.15) is 5.26 Å². The lowest BCUT2D eigenvalue weighted by Gasteiger charge is -2.25. The number of esters is 1. The fourth-order valence-corrected chi connectivity index (χ4v) is 4.40. The van der Waals surface area contributed by atoms with Gasteiger partial charge in [-0.3, -0.25) is 0 Å². The first-order chi connectivity index (χ1) is 15.0. The van der Waals surface area contributed by atoms with Gasteiger partial charge in [0.1, 0.15) is 28.9 Å². The number of hydrogen-bond acceptors (Lipinski definition) is 7. The molecule has 2 N–H and O–H groups in total. The Morgan fingerprint density at radius 2 is 2.13 bits per heavy atom. The maximum Gasteiger partial charge on any atom is 0.349 e. The van der Waals surface area contributed by atoms with Crippen LogP contribution in [0.25, 0.3) is 0 Å². The zero-order valence-electron chi connectivity index (χ0n) is 16.4. The molecule has 0 amide bonds. The number of fused-ring (bicyclic) bond motifs is 1. The Morgan fingerprint density at radius 1 is 1.29 bits per heavy atom. The smallest absolute Gasteiger partial charge is 0.349 e. The summed E-state index contributed by atoms with van der Waals surface area (Å²) in [5.41, 5.74) is 7.94. The first kappa shape index (κ1) is 20.8. The molecule has 0 bridgehead atoms. The van der Waals surface area contributed by atoms with E-state index >= 15 is 0 Å². The molecule has 8 heteroatoms. The van der Waals surface area contributed by atoms with Gasteiger partial charge in [0.15, 0.2) is 6.61 Å². The van der Waals surface area contributed by atoms with E-state index in [1.807, 2.05) is 24.4 Å². The van der Waals surface area contributed by atoms with E-state index in [4.69, 9.17) is 31.5 Å². The van der Waals surface area contributed by atoms with Crippen molar-refractivity contribution < 1.29 is 19.0 Å². The molecule has 0 spiro atoms. The SMILES string of the molecule is Cc1cc(Cl)ccc1OCC(=O)Oc1ccc2c(c1)OC(N)=C(C#N)C2c1cccs1. The van der Waals surface area contributed by atoms with Crippen molar-refractivity contribution in [3.05, 3.63) is 86.4 Å². The summed E-state index contributed by atoms with van der Waals surface area (Å²) in [6.07, 6.45) is 0. The Labute approximate surface area is 188 Å². The highest BCUT2D eigenvalue weighted by Crippen LogP contribution is 2.44. The number of nitriles is 1. The molecule has 0 radical (unpaired) electrons. The van der Waals surface area contributed by atoms with E-state index in [1.165, 1.54) is 11.3 Å². The summed E-state index contributed by atoms with van der Waals surface area (Å²) in [6, 6.07) is 16.2. The normalized spacial score (nSPS) is 14.9. The molecular formula is C23H17ClN2O4S. The average Bonchev–Trinajstić information content (AvgIpc) is 3.26. The van der Waals surface area contributed by atoms with Crippen LogP contribution in [-0.2, 0) is 4.79 Å². The van der Waals surface area contributed by atoms with E-state index in [9.17, 15) is 10.1 Å². The van der Waals surface area contributed by atoms with Gasteiger partial charge >= 0.3 is 5.97 Å². The summed E-state index contributed by atoms with van der Waals surface area (Å²) in [6.45, 7) is 1.57. The molecule has 156 valence electrons. The van der Waals surface area contributed by atoms with Gasteiger partial charge in [0.2, 0.25) is 5.88 Å². The van der Waals surface area contributed by atoms with E-state index in [-0.39, 0.29) is 18.4 Å². The third-order valence-electron chi connectivity index (χ3n) is 4.73. The molecule has 0 fully saturated rings. The Bertz CT molecular complexity index is 1210. The van der Waals surface area contributed by atoms with Crippen LogP contribution >= 0.6 is 22.9 Å². The fourth-order valence-electron chi connectivity index (χ4n) is 3.32. The molecular weight excluding hydrogens is 436 g/mol. The van der Waals surface area contributed by atoms with E-state index in [0.717, 1.165) is 16.0 Å². The van der Waals surface area contributed by atoms with Gasteiger partial charge in [-0.05, 0) is 48.2 Å². The number of thiophene rings is 1. The van der Waals surface area contributed by atoms with Gasteiger partial charge in [-0.15, -0.1) is 11.3 Å². The fraction of sp³-hybridized carbons (Fsp3) is 0.130. The zero-order valence-corrected chi connectivity index (χ0v) is 18.0. The number of nitrogens with zero attached hydrogens (tertiary/aromatic N) is 1. The summed E-state index contributed by atoms with van der Waals surface area (Å²) >= 11 is 7.46. The minimum Gasteiger partial charge on any atom is -0.482 e. The first-order valence-electron chi connectivity index (χ1n) is 9.31. The first-order valence-corrected chi connectivity index (χ1v) is 10.6. The van der Waals surface area contributed by atoms with Crippen LogP contribution in [0.15, 0.2) is 65.4 Å². The van der Waals surface area contributed by atoms with Crippen molar-refractivity contribution in [1.82, 2.24) is 0 Å². The Hall–Kier alpha value is -3.47. The molecule has 1 atom stereocenters. The van der Waals surface area contributed by atoms with E-state index in [0.29, 0.717) is 27.8 Å². The largest absolute Gasteiger partial charge is 0.482 e. The van der Waals surface area contributed by atoms with Crippen molar-refractivity contribution >= 4 is 28.9 Å². The van der Waals surface area contributed by atoms with Gasteiger partial charge in [0, 0.05) is 21.5 Å². The summed E-state index contributed by atoms with van der Waals surface area (Å²) in [5.74, 6) is 0.429. The number of aryl methyl sites for hydroxylation is 1. The highest BCUT2D eigenvalue weighted by Gasteiger charge is 2.31. The Morgan fingerprint density at radius 3 is 2.84 bits per heavy atom. The third-order valence-corrected chi connectivity index (χ3v) is 5.90. The van der Waals surface area contributed by atoms with Crippen molar-refractivity contribution in [2.75, 3.05) is 6.61 Å². The quantitative estimate of drug-likeness (QED) is 0.436. The molecule has 6 nitrogen and oxygen atoms in total. The number of benzene rings is 2. The molecule has 2 aromatic carbocycles. The van der Waals surface area contributed by atoms with Crippen LogP contribution < -0.4 is 19.9 Å². The molecule has 1 aromatic heterocycles. The van der Waals surface area contributed by atoms with Crippen molar-refractivity contribution in [1.29, 1.82) is 5.26 Å². The van der Waals surface area contributed by atoms with Crippen LogP contribution in [0.1, 0.15) is 21.9 Å². The highest BCUT2D eigenvalue weighted by atomic mass is 35.5. The maximum absolute atomic E-state index is 12.3. The number of ether oxygens (including phenoxy) is 3. The summed E-state index contributed by atoms with van der Waals surface area (Å²) in [7, 11) is 0. The van der Waals surface area contributed by atoms with E-state index in [2.05, 4.69) is 6.07 Å². The van der Waals surface area contributed by atoms with Crippen LogP contribution in [0.5, 0.6) is 17.2 Å².